The van der Waals surface area contributed by atoms with E-state index in [1.54, 1.807) is 0 Å². The van der Waals surface area contributed by atoms with Crippen LogP contribution in [0, 0.1) is 13.8 Å². The SMILES string of the molecule is Cc1cccc2c1[Si]1(OC2(C(F)(F)F)C(F)(F)F)OC(C(F)(F)F)(C(F)(F)F)c2cccc(C)c21. The molecule has 0 atom stereocenters. The van der Waals surface area contributed by atoms with Gasteiger partial charge in [0.25, 0.3) is 11.2 Å². The van der Waals surface area contributed by atoms with Crippen LogP contribution in [0.5, 0.6) is 0 Å². The maximum Gasteiger partial charge on any atom is 0.429 e. The first kappa shape index (κ1) is 25.8. The largest absolute Gasteiger partial charge is 0.429 e. The van der Waals surface area contributed by atoms with Gasteiger partial charge in [0.1, 0.15) is 0 Å². The summed E-state index contributed by atoms with van der Waals surface area (Å²) in [5.41, 5.74) is -14.6. The van der Waals surface area contributed by atoms with E-state index in [1.165, 1.54) is 0 Å². The Morgan fingerprint density at radius 1 is 0.543 bits per heavy atom. The topological polar surface area (TPSA) is 18.5 Å². The predicted molar refractivity (Wildman–Crippen MR) is 97.1 cm³/mol. The summed E-state index contributed by atoms with van der Waals surface area (Å²) in [6, 6.07) is 4.11. The monoisotopic (exact) mass is 540 g/mol. The number of halogens is 12. The van der Waals surface area contributed by atoms with E-state index in [4.69, 9.17) is 0 Å². The highest BCUT2D eigenvalue weighted by Gasteiger charge is 2.87. The molecule has 0 unspecified atom stereocenters. The lowest BCUT2D eigenvalue weighted by Crippen LogP contribution is -2.65. The van der Waals surface area contributed by atoms with Crippen molar-refractivity contribution in [1.82, 2.24) is 0 Å². The van der Waals surface area contributed by atoms with Gasteiger partial charge in [-0.25, -0.2) is 0 Å². The molecule has 2 aliphatic heterocycles. The number of benzene rings is 2. The van der Waals surface area contributed by atoms with E-state index in [0.717, 1.165) is 38.1 Å². The van der Waals surface area contributed by atoms with Crippen molar-refractivity contribution in [2.45, 2.75) is 49.8 Å². The fourth-order valence-corrected chi connectivity index (χ4v) is 9.53. The lowest BCUT2D eigenvalue weighted by molar-refractivity contribution is -0.381. The summed E-state index contributed by atoms with van der Waals surface area (Å²) in [5, 5.41) is -2.19. The van der Waals surface area contributed by atoms with Crippen LogP contribution in [0.25, 0.3) is 0 Å². The third-order valence-electron chi connectivity index (χ3n) is 6.15. The molecule has 0 amide bonds. The summed E-state index contributed by atoms with van der Waals surface area (Å²) in [6.45, 7) is 1.92. The Hall–Kier alpha value is -2.26. The molecular weight excluding hydrogens is 528 g/mol. The first-order valence-electron chi connectivity index (χ1n) is 9.57. The van der Waals surface area contributed by atoms with Gasteiger partial charge < -0.3 is 8.85 Å². The van der Waals surface area contributed by atoms with E-state index in [0.29, 0.717) is 12.1 Å². The Balaban J connectivity index is 2.24. The van der Waals surface area contributed by atoms with Crippen LogP contribution in [0.4, 0.5) is 52.7 Å². The quantitative estimate of drug-likeness (QED) is 0.322. The third kappa shape index (κ3) is 2.94. The predicted octanol–water partition coefficient (Wildman–Crippen LogP) is 5.56. The zero-order valence-corrected chi connectivity index (χ0v) is 18.3. The molecule has 15 heteroatoms. The van der Waals surface area contributed by atoms with Crippen molar-refractivity contribution >= 4 is 18.9 Å². The molecular formula is C20H12F12O2Si. The average molecular weight is 540 g/mol. The summed E-state index contributed by atoms with van der Waals surface area (Å²) in [7, 11) is -5.99. The molecule has 0 bridgehead atoms. The summed E-state index contributed by atoms with van der Waals surface area (Å²) in [5.74, 6) is 0. The van der Waals surface area contributed by atoms with Crippen LogP contribution < -0.4 is 10.4 Å². The van der Waals surface area contributed by atoms with E-state index in [2.05, 4.69) is 8.85 Å². The Bertz CT molecular complexity index is 1070. The molecule has 0 aromatic heterocycles. The van der Waals surface area contributed by atoms with Crippen LogP contribution in [0.15, 0.2) is 36.4 Å². The number of hydrogen-bond donors (Lipinski definition) is 0. The molecule has 2 heterocycles. The number of aryl methyl sites for hydroxylation is 2. The van der Waals surface area contributed by atoms with Gasteiger partial charge in [0.2, 0.25) is 0 Å². The van der Waals surface area contributed by atoms with Crippen LogP contribution in [0.3, 0.4) is 0 Å². The molecule has 4 rings (SSSR count). The lowest BCUT2D eigenvalue weighted by Gasteiger charge is -2.38. The number of fused-ring (bicyclic) bond motifs is 4. The van der Waals surface area contributed by atoms with Crippen molar-refractivity contribution in [3.63, 3.8) is 0 Å². The van der Waals surface area contributed by atoms with Gasteiger partial charge in [-0.15, -0.1) is 0 Å². The zero-order valence-electron chi connectivity index (χ0n) is 17.3. The van der Waals surface area contributed by atoms with Gasteiger partial charge in [0, 0.05) is 21.5 Å². The summed E-state index contributed by atoms with van der Waals surface area (Å²) < 4.78 is 179. The van der Waals surface area contributed by atoms with Crippen molar-refractivity contribution in [1.29, 1.82) is 0 Å². The second kappa shape index (κ2) is 6.94. The molecule has 0 N–H and O–H groups in total. The fraction of sp³-hybridized carbons (Fsp3) is 0.400. The molecule has 2 aromatic rings. The molecule has 1 spiro atoms. The second-order valence-corrected chi connectivity index (χ2v) is 10.8. The van der Waals surface area contributed by atoms with Crippen LogP contribution in [-0.2, 0) is 20.1 Å². The number of hydrogen-bond acceptors (Lipinski definition) is 2. The highest BCUT2D eigenvalue weighted by atomic mass is 28.4. The van der Waals surface area contributed by atoms with Gasteiger partial charge in [-0.05, 0) is 25.0 Å². The molecule has 2 nitrogen and oxygen atoms in total. The fourth-order valence-electron chi connectivity index (χ4n) is 4.85. The zero-order chi connectivity index (χ0) is 26.6. The summed E-state index contributed by atoms with van der Waals surface area (Å²) >= 11 is 0. The molecule has 0 radical (unpaired) electrons. The number of alkyl halides is 12. The standard InChI is InChI=1S/C20H12F12O2Si/c1-9-5-3-7-11-13(9)35(33-15(11,17(21,22)23)18(24,25)26)14-10(2)6-4-8-12(14)16(34-35,19(27,28)29)20(30,31)32/h3-8H,1-2H3. The minimum absolute atomic E-state index is 0.327. The summed E-state index contributed by atoms with van der Waals surface area (Å²) in [4.78, 5) is 0. The van der Waals surface area contributed by atoms with Crippen LogP contribution in [0.1, 0.15) is 22.3 Å². The van der Waals surface area contributed by atoms with Crippen molar-refractivity contribution < 1.29 is 61.5 Å². The minimum Gasteiger partial charge on any atom is -0.362 e. The van der Waals surface area contributed by atoms with Crippen LogP contribution in [0.2, 0.25) is 0 Å². The van der Waals surface area contributed by atoms with Crippen LogP contribution >= 0.6 is 0 Å². The van der Waals surface area contributed by atoms with Crippen LogP contribution in [-0.4, -0.2) is 33.3 Å². The first-order valence-corrected chi connectivity index (χ1v) is 11.4. The maximum atomic E-state index is 14.2. The first-order chi connectivity index (χ1) is 15.7. The molecule has 2 aliphatic rings. The van der Waals surface area contributed by atoms with Gasteiger partial charge in [-0.2, -0.15) is 52.7 Å². The van der Waals surface area contributed by atoms with Crippen molar-refractivity contribution in [2.75, 3.05) is 0 Å². The molecule has 2 aromatic carbocycles. The van der Waals surface area contributed by atoms with Gasteiger partial charge in [-0.1, -0.05) is 36.4 Å². The minimum atomic E-state index is -6.32. The van der Waals surface area contributed by atoms with Gasteiger partial charge in [0.05, 0.1) is 0 Å². The molecule has 35 heavy (non-hydrogen) atoms. The van der Waals surface area contributed by atoms with E-state index in [-0.39, 0.29) is 0 Å². The van der Waals surface area contributed by atoms with Gasteiger partial charge in [0.15, 0.2) is 0 Å². The van der Waals surface area contributed by atoms with E-state index >= 15 is 0 Å². The highest BCUT2D eigenvalue weighted by Crippen LogP contribution is 2.62. The molecule has 0 aliphatic carbocycles. The van der Waals surface area contributed by atoms with Crippen molar-refractivity contribution in [3.8, 4) is 0 Å². The smallest absolute Gasteiger partial charge is 0.362 e. The molecule has 192 valence electrons. The van der Waals surface area contributed by atoms with Crippen molar-refractivity contribution in [2.24, 2.45) is 0 Å². The Morgan fingerprint density at radius 2 is 0.829 bits per heavy atom. The summed E-state index contributed by atoms with van der Waals surface area (Å²) in [6.07, 6.45) is -25.3. The van der Waals surface area contributed by atoms with E-state index in [1.807, 2.05) is 0 Å². The Labute approximate surface area is 189 Å². The average Bonchev–Trinajstić information content (AvgIpc) is 3.14. The molecule has 0 saturated carbocycles. The Morgan fingerprint density at radius 3 is 1.09 bits per heavy atom. The van der Waals surface area contributed by atoms with Crippen molar-refractivity contribution in [3.05, 3.63) is 58.7 Å². The maximum absolute atomic E-state index is 14.2. The normalized spacial score (nSPS) is 20.7. The molecule has 0 saturated heterocycles. The second-order valence-electron chi connectivity index (χ2n) is 8.17. The van der Waals surface area contributed by atoms with Gasteiger partial charge >= 0.3 is 33.3 Å². The van der Waals surface area contributed by atoms with Gasteiger partial charge in [-0.3, -0.25) is 0 Å². The molecule has 0 fully saturated rings. The van der Waals surface area contributed by atoms with E-state index in [9.17, 15) is 52.7 Å². The highest BCUT2D eigenvalue weighted by molar-refractivity contribution is 6.95. The Kier molecular flexibility index (Phi) is 5.12. The number of rotatable bonds is 0. The lowest BCUT2D eigenvalue weighted by atomic mass is 9.91. The van der Waals surface area contributed by atoms with E-state index < -0.39 is 77.1 Å². The third-order valence-corrected chi connectivity index (χ3v) is 9.98.